The lowest BCUT2D eigenvalue weighted by molar-refractivity contribution is -0.605. The van der Waals surface area contributed by atoms with Gasteiger partial charge in [0.15, 0.2) is 18.2 Å². The van der Waals surface area contributed by atoms with E-state index in [0.29, 0.717) is 10.3 Å². The van der Waals surface area contributed by atoms with Gasteiger partial charge in [0.05, 0.1) is 5.56 Å². The molecule has 1 aromatic carbocycles. The van der Waals surface area contributed by atoms with Crippen LogP contribution >= 0.6 is 0 Å². The highest BCUT2D eigenvalue weighted by Crippen LogP contribution is 2.13. The molecule has 4 heteroatoms. The molecule has 0 unspecified atom stereocenters. The number of hydrogen-bond acceptors (Lipinski definition) is 3. The van der Waals surface area contributed by atoms with Crippen molar-refractivity contribution >= 4 is 17.5 Å². The number of aromatic nitrogens is 1. The minimum absolute atomic E-state index is 0.188. The molecule has 0 aliphatic rings. The van der Waals surface area contributed by atoms with E-state index in [1.807, 2.05) is 43.3 Å². The predicted molar refractivity (Wildman–Crippen MR) is 79.5 cm³/mol. The topological polar surface area (TPSA) is 47.2 Å². The number of carbonyl (C=O) groups is 1. The molecule has 0 amide bonds. The summed E-state index contributed by atoms with van der Waals surface area (Å²) in [6, 6.07) is 11.0. The molecular formula is C16H16N2O2. The summed E-state index contributed by atoms with van der Waals surface area (Å²) in [5, 5.41) is 11.1. The molecule has 2 rings (SSSR count). The minimum Gasteiger partial charge on any atom is -0.619 e. The highest BCUT2D eigenvalue weighted by Gasteiger charge is 2.04. The monoisotopic (exact) mass is 268 g/mol. The van der Waals surface area contributed by atoms with Crippen molar-refractivity contribution in [1.29, 1.82) is 0 Å². The number of anilines is 1. The van der Waals surface area contributed by atoms with Gasteiger partial charge in [0.1, 0.15) is 0 Å². The SMILES string of the molecule is CN(C)c1ccc(/C=C/C(=O)c2ccc[n+]([O-])c2)cc1. The number of nitrogens with zero attached hydrogens (tertiary/aromatic N) is 2. The molecular weight excluding hydrogens is 252 g/mol. The Kier molecular flexibility index (Phi) is 4.15. The number of ketones is 1. The van der Waals surface area contributed by atoms with Gasteiger partial charge < -0.3 is 10.1 Å². The second-order valence-corrected chi connectivity index (χ2v) is 4.64. The molecule has 0 aliphatic carbocycles. The van der Waals surface area contributed by atoms with Gasteiger partial charge >= 0.3 is 0 Å². The lowest BCUT2D eigenvalue weighted by Crippen LogP contribution is -2.25. The van der Waals surface area contributed by atoms with Crippen LogP contribution in [0.2, 0.25) is 0 Å². The molecule has 1 heterocycles. The summed E-state index contributed by atoms with van der Waals surface area (Å²) in [6.45, 7) is 0. The van der Waals surface area contributed by atoms with Crippen LogP contribution < -0.4 is 9.63 Å². The first-order valence-corrected chi connectivity index (χ1v) is 6.25. The summed E-state index contributed by atoms with van der Waals surface area (Å²) in [6.07, 6.45) is 5.83. The Balaban J connectivity index is 2.11. The van der Waals surface area contributed by atoms with Crippen LogP contribution in [0.1, 0.15) is 15.9 Å². The second kappa shape index (κ2) is 6.02. The van der Waals surface area contributed by atoms with Crippen LogP contribution in [0.3, 0.4) is 0 Å². The van der Waals surface area contributed by atoms with Crippen molar-refractivity contribution in [3.05, 3.63) is 71.2 Å². The predicted octanol–water partition coefficient (Wildman–Crippen LogP) is 2.28. The van der Waals surface area contributed by atoms with E-state index in [4.69, 9.17) is 0 Å². The normalized spacial score (nSPS) is 10.7. The third-order valence-corrected chi connectivity index (χ3v) is 2.90. The van der Waals surface area contributed by atoms with Gasteiger partial charge in [-0.1, -0.05) is 18.2 Å². The highest BCUT2D eigenvalue weighted by molar-refractivity contribution is 6.06. The molecule has 0 aliphatic heterocycles. The fourth-order valence-electron chi connectivity index (χ4n) is 1.75. The Bertz CT molecular complexity index is 631. The number of allylic oxidation sites excluding steroid dienone is 1. The largest absolute Gasteiger partial charge is 0.619 e. The van der Waals surface area contributed by atoms with Crippen LogP contribution in [0.5, 0.6) is 0 Å². The Labute approximate surface area is 118 Å². The molecule has 0 N–H and O–H groups in total. The van der Waals surface area contributed by atoms with Gasteiger partial charge in [-0.15, -0.1) is 0 Å². The molecule has 0 radical (unpaired) electrons. The van der Waals surface area contributed by atoms with Crippen molar-refractivity contribution in [3.63, 3.8) is 0 Å². The average molecular weight is 268 g/mol. The zero-order valence-corrected chi connectivity index (χ0v) is 11.5. The van der Waals surface area contributed by atoms with Gasteiger partial charge in [-0.25, -0.2) is 0 Å². The molecule has 0 saturated carbocycles. The van der Waals surface area contributed by atoms with Gasteiger partial charge in [0.2, 0.25) is 0 Å². The first-order chi connectivity index (χ1) is 9.56. The third-order valence-electron chi connectivity index (χ3n) is 2.90. The number of rotatable bonds is 4. The van der Waals surface area contributed by atoms with Gasteiger partial charge in [-0.2, -0.15) is 4.73 Å². The van der Waals surface area contributed by atoms with E-state index in [9.17, 15) is 10.0 Å². The van der Waals surface area contributed by atoms with Crippen LogP contribution in [-0.4, -0.2) is 19.9 Å². The Morgan fingerprint density at radius 3 is 2.50 bits per heavy atom. The Hall–Kier alpha value is -2.62. The lowest BCUT2D eigenvalue weighted by Gasteiger charge is -2.11. The van der Waals surface area contributed by atoms with E-state index in [0.717, 1.165) is 11.3 Å². The fraction of sp³-hybridized carbons (Fsp3) is 0.125. The van der Waals surface area contributed by atoms with Crippen molar-refractivity contribution in [1.82, 2.24) is 0 Å². The minimum atomic E-state index is -0.188. The van der Waals surface area contributed by atoms with Crippen molar-refractivity contribution in [3.8, 4) is 0 Å². The number of carbonyl (C=O) groups excluding carboxylic acids is 1. The number of hydrogen-bond donors (Lipinski definition) is 0. The van der Waals surface area contributed by atoms with Crippen LogP contribution in [0.15, 0.2) is 54.9 Å². The zero-order valence-electron chi connectivity index (χ0n) is 11.5. The first-order valence-electron chi connectivity index (χ1n) is 6.25. The quantitative estimate of drug-likeness (QED) is 0.370. The van der Waals surface area contributed by atoms with E-state index in [1.165, 1.54) is 18.5 Å². The van der Waals surface area contributed by atoms with Crippen molar-refractivity contribution in [2.75, 3.05) is 19.0 Å². The van der Waals surface area contributed by atoms with Crippen LogP contribution in [0, 0.1) is 5.21 Å². The summed E-state index contributed by atoms with van der Waals surface area (Å²) in [5.41, 5.74) is 2.42. The third kappa shape index (κ3) is 3.45. The maximum Gasteiger partial charge on any atom is 0.191 e. The second-order valence-electron chi connectivity index (χ2n) is 4.64. The van der Waals surface area contributed by atoms with Crippen LogP contribution in [0.4, 0.5) is 5.69 Å². The molecule has 0 bridgehead atoms. The van der Waals surface area contributed by atoms with E-state index in [-0.39, 0.29) is 5.78 Å². The summed E-state index contributed by atoms with van der Waals surface area (Å²) >= 11 is 0. The molecule has 0 saturated heterocycles. The van der Waals surface area contributed by atoms with E-state index in [1.54, 1.807) is 18.2 Å². The number of pyridine rings is 1. The summed E-state index contributed by atoms with van der Waals surface area (Å²) in [4.78, 5) is 13.9. The Morgan fingerprint density at radius 1 is 1.20 bits per heavy atom. The molecule has 2 aromatic rings. The van der Waals surface area contributed by atoms with Crippen LogP contribution in [0.25, 0.3) is 6.08 Å². The number of benzene rings is 1. The van der Waals surface area contributed by atoms with Gasteiger partial charge in [-0.05, 0) is 29.8 Å². The summed E-state index contributed by atoms with van der Waals surface area (Å²) < 4.78 is 0.618. The van der Waals surface area contributed by atoms with Gasteiger partial charge in [0, 0.05) is 25.8 Å². The standard InChI is InChI=1S/C16H16N2O2/c1-17(2)15-8-5-13(6-9-15)7-10-16(19)14-4-3-11-18(20)12-14/h3-12H,1-2H3/b10-7+. The van der Waals surface area contributed by atoms with Gasteiger partial charge in [-0.3, -0.25) is 4.79 Å². The summed E-state index contributed by atoms with van der Waals surface area (Å²) in [7, 11) is 3.95. The van der Waals surface area contributed by atoms with Crippen LogP contribution in [-0.2, 0) is 0 Å². The average Bonchev–Trinajstić information content (AvgIpc) is 2.45. The molecule has 0 fully saturated rings. The summed E-state index contributed by atoms with van der Waals surface area (Å²) in [5.74, 6) is -0.188. The molecule has 0 spiro atoms. The zero-order chi connectivity index (χ0) is 14.5. The Morgan fingerprint density at radius 2 is 1.90 bits per heavy atom. The highest BCUT2D eigenvalue weighted by atomic mass is 16.5. The van der Waals surface area contributed by atoms with E-state index in [2.05, 4.69) is 0 Å². The molecule has 0 atom stereocenters. The molecule has 20 heavy (non-hydrogen) atoms. The smallest absolute Gasteiger partial charge is 0.191 e. The van der Waals surface area contributed by atoms with Crippen molar-refractivity contribution in [2.24, 2.45) is 0 Å². The van der Waals surface area contributed by atoms with E-state index >= 15 is 0 Å². The van der Waals surface area contributed by atoms with Crippen molar-refractivity contribution in [2.45, 2.75) is 0 Å². The molecule has 4 nitrogen and oxygen atoms in total. The van der Waals surface area contributed by atoms with E-state index < -0.39 is 0 Å². The maximum absolute atomic E-state index is 11.9. The maximum atomic E-state index is 11.9. The fourth-order valence-corrected chi connectivity index (χ4v) is 1.75. The first kappa shape index (κ1) is 13.8. The molecule has 1 aromatic heterocycles. The van der Waals surface area contributed by atoms with Gasteiger partial charge in [0.25, 0.3) is 0 Å². The lowest BCUT2D eigenvalue weighted by atomic mass is 10.1. The van der Waals surface area contributed by atoms with Crippen molar-refractivity contribution < 1.29 is 9.52 Å². The molecule has 102 valence electrons.